The van der Waals surface area contributed by atoms with E-state index in [9.17, 15) is 4.79 Å². The van der Waals surface area contributed by atoms with E-state index in [4.69, 9.17) is 14.2 Å². The molecule has 0 saturated carbocycles. The Morgan fingerprint density at radius 3 is 2.48 bits per heavy atom. The molecule has 0 saturated heterocycles. The number of benzene rings is 2. The maximum Gasteiger partial charge on any atom is 0.244 e. The molecule has 0 fully saturated rings. The number of hydrogen-bond donors (Lipinski definition) is 1. The predicted octanol–water partition coefficient (Wildman–Crippen LogP) is 3.65. The van der Waals surface area contributed by atoms with Gasteiger partial charge in [0, 0.05) is 24.3 Å². The second kappa shape index (κ2) is 8.55. The summed E-state index contributed by atoms with van der Waals surface area (Å²) in [4.78, 5) is 16.6. The normalized spacial score (nSPS) is 10.9. The van der Waals surface area contributed by atoms with Crippen molar-refractivity contribution in [2.75, 3.05) is 21.3 Å². The van der Waals surface area contributed by atoms with Gasteiger partial charge in [-0.2, -0.15) is 0 Å². The summed E-state index contributed by atoms with van der Waals surface area (Å²) in [5, 5.41) is 3.63. The number of rotatable bonds is 7. The number of fused-ring (bicyclic) bond motifs is 1. The van der Waals surface area contributed by atoms with Crippen LogP contribution in [0.15, 0.2) is 42.5 Å². The van der Waals surface area contributed by atoms with Crippen molar-refractivity contribution in [3.8, 4) is 17.2 Å². The number of carbonyl (C=O) groups is 1. The van der Waals surface area contributed by atoms with Crippen molar-refractivity contribution in [1.29, 1.82) is 0 Å². The first kappa shape index (κ1) is 18.7. The summed E-state index contributed by atoms with van der Waals surface area (Å²) in [6.07, 6.45) is 3.19. The van der Waals surface area contributed by atoms with Gasteiger partial charge in [0.05, 0.1) is 31.5 Å². The molecule has 1 aromatic heterocycles. The molecule has 0 aliphatic heterocycles. The van der Waals surface area contributed by atoms with Gasteiger partial charge in [-0.25, -0.2) is 4.98 Å². The molecule has 0 spiro atoms. The van der Waals surface area contributed by atoms with E-state index in [-0.39, 0.29) is 5.91 Å². The third-order valence-corrected chi connectivity index (χ3v) is 4.93. The minimum atomic E-state index is -0.217. The molecule has 0 aliphatic carbocycles. The quantitative estimate of drug-likeness (QED) is 0.630. The number of hydrogen-bond acceptors (Lipinski definition) is 6. The van der Waals surface area contributed by atoms with E-state index in [0.29, 0.717) is 23.8 Å². The zero-order valence-electron chi connectivity index (χ0n) is 15.3. The first-order chi connectivity index (χ1) is 13.1. The summed E-state index contributed by atoms with van der Waals surface area (Å²) >= 11 is 1.54. The molecule has 140 valence electrons. The Hall–Kier alpha value is -3.06. The third-order valence-electron chi connectivity index (χ3n) is 3.93. The number of para-hydroxylation sites is 1. The topological polar surface area (TPSA) is 69.7 Å². The Morgan fingerprint density at radius 2 is 1.78 bits per heavy atom. The number of ether oxygens (including phenoxy) is 3. The summed E-state index contributed by atoms with van der Waals surface area (Å²) in [5.41, 5.74) is 1.72. The first-order valence-corrected chi connectivity index (χ1v) is 9.06. The van der Waals surface area contributed by atoms with E-state index < -0.39 is 0 Å². The number of nitrogens with one attached hydrogen (secondary N) is 1. The lowest BCUT2D eigenvalue weighted by Crippen LogP contribution is -2.20. The van der Waals surface area contributed by atoms with Crippen LogP contribution in [-0.2, 0) is 11.3 Å². The average Bonchev–Trinajstić information content (AvgIpc) is 3.12. The molecule has 2 aromatic carbocycles. The van der Waals surface area contributed by atoms with Crippen LogP contribution in [0.3, 0.4) is 0 Å². The van der Waals surface area contributed by atoms with Gasteiger partial charge in [0.2, 0.25) is 5.91 Å². The molecule has 0 bridgehead atoms. The van der Waals surface area contributed by atoms with Crippen LogP contribution in [0.5, 0.6) is 17.2 Å². The van der Waals surface area contributed by atoms with Gasteiger partial charge >= 0.3 is 0 Å². The Kier molecular flexibility index (Phi) is 5.93. The lowest BCUT2D eigenvalue weighted by atomic mass is 10.1. The number of carbonyl (C=O) groups excluding carboxylic acids is 1. The van der Waals surface area contributed by atoms with E-state index in [0.717, 1.165) is 20.8 Å². The zero-order valence-corrected chi connectivity index (χ0v) is 16.1. The standard InChI is InChI=1S/C20H20N2O4S/c1-24-15-11-17(26-3)16(25-2)10-13(15)12-21-19(23)8-9-20-22-14-6-4-5-7-18(14)27-20/h4-11H,12H2,1-3H3,(H,21,23). The largest absolute Gasteiger partial charge is 0.496 e. The second-order valence-corrected chi connectivity index (χ2v) is 6.65. The molecular weight excluding hydrogens is 364 g/mol. The smallest absolute Gasteiger partial charge is 0.244 e. The van der Waals surface area contributed by atoms with E-state index >= 15 is 0 Å². The molecule has 1 amide bonds. The predicted molar refractivity (Wildman–Crippen MR) is 107 cm³/mol. The minimum Gasteiger partial charge on any atom is -0.496 e. The van der Waals surface area contributed by atoms with Crippen LogP contribution in [-0.4, -0.2) is 32.2 Å². The SMILES string of the molecule is COc1cc(OC)c(OC)cc1CNC(=O)C=Cc1nc2ccccc2s1. The van der Waals surface area contributed by atoms with Crippen molar-refractivity contribution in [3.63, 3.8) is 0 Å². The van der Waals surface area contributed by atoms with E-state index in [2.05, 4.69) is 10.3 Å². The fourth-order valence-electron chi connectivity index (χ4n) is 2.58. The van der Waals surface area contributed by atoms with Crippen molar-refractivity contribution < 1.29 is 19.0 Å². The molecule has 0 unspecified atom stereocenters. The average molecular weight is 384 g/mol. The van der Waals surface area contributed by atoms with Crippen molar-refractivity contribution in [1.82, 2.24) is 10.3 Å². The van der Waals surface area contributed by atoms with Crippen LogP contribution >= 0.6 is 11.3 Å². The number of amides is 1. The molecule has 7 heteroatoms. The fourth-order valence-corrected chi connectivity index (χ4v) is 3.45. The molecule has 1 N–H and O–H groups in total. The van der Waals surface area contributed by atoms with E-state index in [1.54, 1.807) is 50.9 Å². The van der Waals surface area contributed by atoms with Gasteiger partial charge in [-0.15, -0.1) is 11.3 Å². The molecule has 1 heterocycles. The zero-order chi connectivity index (χ0) is 19.2. The van der Waals surface area contributed by atoms with Crippen molar-refractivity contribution >= 4 is 33.5 Å². The van der Waals surface area contributed by atoms with Crippen LogP contribution in [0.25, 0.3) is 16.3 Å². The lowest BCUT2D eigenvalue weighted by molar-refractivity contribution is -0.116. The molecule has 0 radical (unpaired) electrons. The number of aromatic nitrogens is 1. The van der Waals surface area contributed by atoms with Crippen LogP contribution in [0.1, 0.15) is 10.6 Å². The Labute approximate surface area is 161 Å². The summed E-state index contributed by atoms with van der Waals surface area (Å²) in [5.74, 6) is 1.54. The molecule has 6 nitrogen and oxygen atoms in total. The number of methoxy groups -OCH3 is 3. The molecule has 3 rings (SSSR count). The number of nitrogens with zero attached hydrogens (tertiary/aromatic N) is 1. The third kappa shape index (κ3) is 4.38. The van der Waals surface area contributed by atoms with Gasteiger partial charge < -0.3 is 19.5 Å². The Balaban J connectivity index is 1.68. The van der Waals surface area contributed by atoms with E-state index in [1.165, 1.54) is 6.08 Å². The molecule has 3 aromatic rings. The van der Waals surface area contributed by atoms with Crippen LogP contribution in [0.2, 0.25) is 0 Å². The van der Waals surface area contributed by atoms with Gasteiger partial charge in [-0.3, -0.25) is 4.79 Å². The maximum atomic E-state index is 12.2. The van der Waals surface area contributed by atoms with Crippen LogP contribution in [0.4, 0.5) is 0 Å². The number of thiazole rings is 1. The van der Waals surface area contributed by atoms with Crippen LogP contribution in [0, 0.1) is 0 Å². The summed E-state index contributed by atoms with van der Waals surface area (Å²) in [6, 6.07) is 11.4. The summed E-state index contributed by atoms with van der Waals surface area (Å²) in [6.45, 7) is 0.298. The minimum absolute atomic E-state index is 0.217. The van der Waals surface area contributed by atoms with Gasteiger partial charge in [0.1, 0.15) is 10.8 Å². The van der Waals surface area contributed by atoms with Crippen molar-refractivity contribution in [2.45, 2.75) is 6.54 Å². The molecule has 0 atom stereocenters. The summed E-state index contributed by atoms with van der Waals surface area (Å²) in [7, 11) is 4.69. The Morgan fingerprint density at radius 1 is 1.07 bits per heavy atom. The second-order valence-electron chi connectivity index (χ2n) is 5.59. The molecular formula is C20H20N2O4S. The van der Waals surface area contributed by atoms with Gasteiger partial charge in [0.15, 0.2) is 11.5 Å². The highest BCUT2D eigenvalue weighted by Crippen LogP contribution is 2.34. The van der Waals surface area contributed by atoms with Gasteiger partial charge in [0.25, 0.3) is 0 Å². The highest BCUT2D eigenvalue weighted by molar-refractivity contribution is 7.19. The molecule has 27 heavy (non-hydrogen) atoms. The monoisotopic (exact) mass is 384 g/mol. The van der Waals surface area contributed by atoms with Crippen LogP contribution < -0.4 is 19.5 Å². The lowest BCUT2D eigenvalue weighted by Gasteiger charge is -2.14. The van der Waals surface area contributed by atoms with Crippen molar-refractivity contribution in [3.05, 3.63) is 53.0 Å². The van der Waals surface area contributed by atoms with Gasteiger partial charge in [-0.1, -0.05) is 12.1 Å². The first-order valence-electron chi connectivity index (χ1n) is 8.25. The van der Waals surface area contributed by atoms with Gasteiger partial charge in [-0.05, 0) is 24.3 Å². The van der Waals surface area contributed by atoms with Crippen molar-refractivity contribution in [2.24, 2.45) is 0 Å². The fraction of sp³-hybridized carbons (Fsp3) is 0.200. The maximum absolute atomic E-state index is 12.2. The highest BCUT2D eigenvalue weighted by atomic mass is 32.1. The highest BCUT2D eigenvalue weighted by Gasteiger charge is 2.12. The summed E-state index contributed by atoms with van der Waals surface area (Å²) < 4.78 is 17.0. The Bertz CT molecular complexity index is 948. The van der Waals surface area contributed by atoms with E-state index in [1.807, 2.05) is 24.3 Å². The molecule has 0 aliphatic rings.